The van der Waals surface area contributed by atoms with Gasteiger partial charge in [-0.25, -0.2) is 4.79 Å². The Morgan fingerprint density at radius 1 is 1.67 bits per heavy atom. The van der Waals surface area contributed by atoms with E-state index in [1.807, 2.05) is 11.8 Å². The van der Waals surface area contributed by atoms with Gasteiger partial charge in [-0.3, -0.25) is 9.88 Å². The monoisotopic (exact) mass is 266 g/mol. The molecule has 1 unspecified atom stereocenters. The summed E-state index contributed by atoms with van der Waals surface area (Å²) in [6.45, 7) is 4.87. The SMILES string of the molecule is CCC1CN(Cc2ncccc2C(=O)O)CCS1. The molecule has 98 valence electrons. The van der Waals surface area contributed by atoms with Gasteiger partial charge in [0.1, 0.15) is 0 Å². The molecule has 1 saturated heterocycles. The lowest BCUT2D eigenvalue weighted by Gasteiger charge is -2.31. The van der Waals surface area contributed by atoms with Crippen LogP contribution in [0.2, 0.25) is 0 Å². The summed E-state index contributed by atoms with van der Waals surface area (Å²) in [5, 5.41) is 9.79. The van der Waals surface area contributed by atoms with Crippen LogP contribution < -0.4 is 0 Å². The van der Waals surface area contributed by atoms with Crippen molar-refractivity contribution >= 4 is 17.7 Å². The summed E-state index contributed by atoms with van der Waals surface area (Å²) in [5.41, 5.74) is 0.996. The van der Waals surface area contributed by atoms with E-state index in [-0.39, 0.29) is 0 Å². The number of nitrogens with zero attached hydrogens (tertiary/aromatic N) is 2. The van der Waals surface area contributed by atoms with Crippen LogP contribution in [-0.4, -0.2) is 45.1 Å². The fourth-order valence-corrected chi connectivity index (χ4v) is 3.39. The van der Waals surface area contributed by atoms with Gasteiger partial charge in [-0.15, -0.1) is 0 Å². The van der Waals surface area contributed by atoms with Crippen molar-refractivity contribution in [1.82, 2.24) is 9.88 Å². The molecule has 2 heterocycles. The van der Waals surface area contributed by atoms with Crippen LogP contribution >= 0.6 is 11.8 Å². The third-order valence-corrected chi connectivity index (χ3v) is 4.54. The molecule has 1 aromatic rings. The zero-order valence-electron chi connectivity index (χ0n) is 10.5. The van der Waals surface area contributed by atoms with Gasteiger partial charge in [-0.1, -0.05) is 6.92 Å². The number of aromatic nitrogens is 1. The van der Waals surface area contributed by atoms with E-state index >= 15 is 0 Å². The number of rotatable bonds is 4. The Kier molecular flexibility index (Phi) is 4.60. The molecule has 1 fully saturated rings. The van der Waals surface area contributed by atoms with Crippen molar-refractivity contribution in [3.63, 3.8) is 0 Å². The van der Waals surface area contributed by atoms with Crippen molar-refractivity contribution in [3.05, 3.63) is 29.6 Å². The molecule has 0 saturated carbocycles. The standard InChI is InChI=1S/C13H18N2O2S/c1-2-10-8-15(6-7-18-10)9-12-11(13(16)17)4-3-5-14-12/h3-5,10H,2,6-9H2,1H3,(H,16,17). The maximum atomic E-state index is 11.1. The van der Waals surface area contributed by atoms with Crippen LogP contribution in [0.3, 0.4) is 0 Å². The van der Waals surface area contributed by atoms with Crippen molar-refractivity contribution in [2.24, 2.45) is 0 Å². The van der Waals surface area contributed by atoms with E-state index in [0.717, 1.165) is 25.3 Å². The van der Waals surface area contributed by atoms with E-state index in [2.05, 4.69) is 16.8 Å². The van der Waals surface area contributed by atoms with Crippen molar-refractivity contribution in [2.45, 2.75) is 25.1 Å². The molecule has 2 rings (SSSR count). The smallest absolute Gasteiger partial charge is 0.337 e. The zero-order valence-corrected chi connectivity index (χ0v) is 11.3. The van der Waals surface area contributed by atoms with E-state index in [0.29, 0.717) is 23.1 Å². The number of carboxylic acids is 1. The van der Waals surface area contributed by atoms with Crippen LogP contribution in [0.25, 0.3) is 0 Å². The molecule has 0 amide bonds. The van der Waals surface area contributed by atoms with E-state index in [1.54, 1.807) is 18.3 Å². The summed E-state index contributed by atoms with van der Waals surface area (Å²) in [7, 11) is 0. The van der Waals surface area contributed by atoms with Crippen LogP contribution in [0.15, 0.2) is 18.3 Å². The second kappa shape index (κ2) is 6.20. The lowest BCUT2D eigenvalue weighted by Crippen LogP contribution is -2.37. The molecule has 1 aliphatic heterocycles. The normalized spacial score (nSPS) is 20.8. The molecule has 1 N–H and O–H groups in total. The molecule has 1 aromatic heterocycles. The van der Waals surface area contributed by atoms with E-state index in [9.17, 15) is 4.79 Å². The highest BCUT2D eigenvalue weighted by atomic mass is 32.2. The second-order valence-corrected chi connectivity index (χ2v) is 5.85. The van der Waals surface area contributed by atoms with Crippen molar-refractivity contribution < 1.29 is 9.90 Å². The lowest BCUT2D eigenvalue weighted by molar-refractivity contribution is 0.0693. The van der Waals surface area contributed by atoms with Gasteiger partial charge >= 0.3 is 5.97 Å². The number of carbonyl (C=O) groups is 1. The van der Waals surface area contributed by atoms with Gasteiger partial charge < -0.3 is 5.11 Å². The highest BCUT2D eigenvalue weighted by Gasteiger charge is 2.21. The molecule has 0 spiro atoms. The lowest BCUT2D eigenvalue weighted by atomic mass is 10.1. The predicted octanol–water partition coefficient (Wildman–Crippen LogP) is 2.11. The summed E-state index contributed by atoms with van der Waals surface area (Å²) >= 11 is 2.01. The minimum Gasteiger partial charge on any atom is -0.478 e. The fourth-order valence-electron chi connectivity index (χ4n) is 2.14. The summed E-state index contributed by atoms with van der Waals surface area (Å²) in [4.78, 5) is 17.6. The van der Waals surface area contributed by atoms with Crippen LogP contribution in [-0.2, 0) is 6.54 Å². The Labute approximate surface area is 111 Å². The van der Waals surface area contributed by atoms with Crippen molar-refractivity contribution in [3.8, 4) is 0 Å². The molecule has 0 radical (unpaired) electrons. The van der Waals surface area contributed by atoms with Gasteiger partial charge in [0.15, 0.2) is 0 Å². The highest BCUT2D eigenvalue weighted by molar-refractivity contribution is 8.00. The fraction of sp³-hybridized carbons (Fsp3) is 0.538. The summed E-state index contributed by atoms with van der Waals surface area (Å²) < 4.78 is 0. The number of thioether (sulfide) groups is 1. The molecule has 0 aromatic carbocycles. The molecule has 0 bridgehead atoms. The second-order valence-electron chi connectivity index (χ2n) is 4.44. The number of aromatic carboxylic acids is 1. The zero-order chi connectivity index (χ0) is 13.0. The van der Waals surface area contributed by atoms with Crippen LogP contribution in [0.4, 0.5) is 0 Å². The van der Waals surface area contributed by atoms with Crippen LogP contribution in [0, 0.1) is 0 Å². The topological polar surface area (TPSA) is 53.4 Å². The first-order valence-electron chi connectivity index (χ1n) is 6.22. The first-order valence-corrected chi connectivity index (χ1v) is 7.26. The quantitative estimate of drug-likeness (QED) is 0.904. The van der Waals surface area contributed by atoms with Crippen molar-refractivity contribution in [2.75, 3.05) is 18.8 Å². The molecule has 1 aliphatic rings. The van der Waals surface area contributed by atoms with Crippen LogP contribution in [0.1, 0.15) is 29.4 Å². The molecule has 0 aliphatic carbocycles. The summed E-state index contributed by atoms with van der Waals surface area (Å²) in [6, 6.07) is 3.30. The number of hydrogen-bond acceptors (Lipinski definition) is 4. The van der Waals surface area contributed by atoms with Gasteiger partial charge in [0, 0.05) is 36.8 Å². The average Bonchev–Trinajstić information content (AvgIpc) is 2.39. The van der Waals surface area contributed by atoms with Gasteiger partial charge in [-0.05, 0) is 18.6 Å². The number of pyridine rings is 1. The Balaban J connectivity index is 2.07. The molecule has 4 nitrogen and oxygen atoms in total. The van der Waals surface area contributed by atoms with Gasteiger partial charge in [-0.2, -0.15) is 11.8 Å². The Morgan fingerprint density at radius 2 is 2.50 bits per heavy atom. The molecule has 18 heavy (non-hydrogen) atoms. The average molecular weight is 266 g/mol. The van der Waals surface area contributed by atoms with E-state index in [1.165, 1.54) is 0 Å². The summed E-state index contributed by atoms with van der Waals surface area (Å²) in [6.07, 6.45) is 2.83. The van der Waals surface area contributed by atoms with E-state index < -0.39 is 5.97 Å². The van der Waals surface area contributed by atoms with Gasteiger partial charge in [0.2, 0.25) is 0 Å². The maximum absolute atomic E-state index is 11.1. The molecular weight excluding hydrogens is 248 g/mol. The van der Waals surface area contributed by atoms with Crippen molar-refractivity contribution in [1.29, 1.82) is 0 Å². The maximum Gasteiger partial charge on any atom is 0.337 e. The third kappa shape index (κ3) is 3.23. The Morgan fingerprint density at radius 3 is 3.22 bits per heavy atom. The molecule has 1 atom stereocenters. The summed E-state index contributed by atoms with van der Waals surface area (Å²) in [5.74, 6) is 0.227. The van der Waals surface area contributed by atoms with Gasteiger partial charge in [0.25, 0.3) is 0 Å². The Bertz CT molecular complexity index is 425. The Hall–Kier alpha value is -1.07. The number of carboxylic acid groups (broad SMARTS) is 1. The first-order chi connectivity index (χ1) is 8.70. The third-order valence-electron chi connectivity index (χ3n) is 3.17. The molecule has 5 heteroatoms. The minimum atomic E-state index is -0.892. The van der Waals surface area contributed by atoms with Crippen LogP contribution in [0.5, 0.6) is 0 Å². The first kappa shape index (κ1) is 13.4. The molecular formula is C13H18N2O2S. The largest absolute Gasteiger partial charge is 0.478 e. The number of hydrogen-bond donors (Lipinski definition) is 1. The predicted molar refractivity (Wildman–Crippen MR) is 73.0 cm³/mol. The minimum absolute atomic E-state index is 0.323. The van der Waals surface area contributed by atoms with E-state index in [4.69, 9.17) is 5.11 Å². The highest BCUT2D eigenvalue weighted by Crippen LogP contribution is 2.22. The van der Waals surface area contributed by atoms with Gasteiger partial charge in [0.05, 0.1) is 11.3 Å².